The van der Waals surface area contributed by atoms with E-state index in [1.165, 1.54) is 0 Å². The number of ketones is 2. The molecule has 0 fully saturated rings. The molecule has 0 aliphatic heterocycles. The van der Waals surface area contributed by atoms with Crippen LogP contribution in [0.1, 0.15) is 27.6 Å². The van der Waals surface area contributed by atoms with Crippen molar-refractivity contribution in [1.82, 2.24) is 0 Å². The molecule has 0 aliphatic rings. The summed E-state index contributed by atoms with van der Waals surface area (Å²) in [5.74, 6) is -1.44. The summed E-state index contributed by atoms with van der Waals surface area (Å²) in [4.78, 5) is 24.3. The molecule has 2 unspecified atom stereocenters. The number of carbonyl (C=O) groups is 2. The lowest BCUT2D eigenvalue weighted by atomic mass is 9.90. The third-order valence-corrected chi connectivity index (χ3v) is 3.27. The van der Waals surface area contributed by atoms with Gasteiger partial charge in [-0.1, -0.05) is 67.6 Å². The normalized spacial score (nSPS) is 13.5. The molecule has 0 radical (unpaired) electrons. The molecule has 2 aromatic rings. The molecule has 0 heterocycles. The van der Waals surface area contributed by atoms with Gasteiger partial charge < -0.3 is 5.11 Å². The molecule has 0 aliphatic carbocycles. The van der Waals surface area contributed by atoms with Gasteiger partial charge in [0, 0.05) is 11.1 Å². The zero-order chi connectivity index (χ0) is 14.5. The minimum Gasteiger partial charge on any atom is -0.384 e. The van der Waals surface area contributed by atoms with Gasteiger partial charge in [-0.3, -0.25) is 9.59 Å². The van der Waals surface area contributed by atoms with Gasteiger partial charge in [0.15, 0.2) is 11.6 Å². The molecule has 102 valence electrons. The van der Waals surface area contributed by atoms with E-state index in [1.54, 1.807) is 61.5 Å². The quantitative estimate of drug-likeness (QED) is 0.848. The fraction of sp³-hybridized carbons (Fsp3) is 0.176. The van der Waals surface area contributed by atoms with Crippen LogP contribution in [0.15, 0.2) is 60.7 Å². The van der Waals surface area contributed by atoms with Crippen molar-refractivity contribution < 1.29 is 14.7 Å². The van der Waals surface area contributed by atoms with Gasteiger partial charge in [-0.05, 0) is 0 Å². The number of hydrogen-bond acceptors (Lipinski definition) is 3. The highest BCUT2D eigenvalue weighted by molar-refractivity contribution is 6.05. The van der Waals surface area contributed by atoms with Crippen LogP contribution in [0.5, 0.6) is 0 Å². The highest BCUT2D eigenvalue weighted by Gasteiger charge is 2.29. The molecule has 2 atom stereocenters. The second-order valence-electron chi connectivity index (χ2n) is 4.69. The van der Waals surface area contributed by atoms with Gasteiger partial charge >= 0.3 is 0 Å². The molecule has 2 rings (SSSR count). The van der Waals surface area contributed by atoms with Crippen LogP contribution in [-0.2, 0) is 0 Å². The zero-order valence-electron chi connectivity index (χ0n) is 11.2. The Bertz CT molecular complexity index is 535. The summed E-state index contributed by atoms with van der Waals surface area (Å²) < 4.78 is 0. The summed E-state index contributed by atoms with van der Waals surface area (Å²) >= 11 is 0. The van der Waals surface area contributed by atoms with Crippen molar-refractivity contribution in [2.45, 2.75) is 13.0 Å². The molecular formula is C17H16O3. The van der Waals surface area contributed by atoms with Crippen LogP contribution in [0, 0.1) is 5.92 Å². The number of hydrogen-bond donors (Lipinski definition) is 1. The third kappa shape index (κ3) is 3.00. The second kappa shape index (κ2) is 6.26. The molecule has 1 N–H and O–H groups in total. The monoisotopic (exact) mass is 268 g/mol. The maximum atomic E-state index is 12.2. The van der Waals surface area contributed by atoms with Crippen molar-refractivity contribution in [1.29, 1.82) is 0 Å². The van der Waals surface area contributed by atoms with Crippen molar-refractivity contribution >= 4 is 11.6 Å². The maximum Gasteiger partial charge on any atom is 0.192 e. The Morgan fingerprint density at radius 2 is 1.20 bits per heavy atom. The summed E-state index contributed by atoms with van der Waals surface area (Å²) in [7, 11) is 0. The second-order valence-corrected chi connectivity index (χ2v) is 4.69. The third-order valence-electron chi connectivity index (χ3n) is 3.27. The average Bonchev–Trinajstić information content (AvgIpc) is 2.53. The lowest BCUT2D eigenvalue weighted by Gasteiger charge is -2.16. The number of carbonyl (C=O) groups excluding carboxylic acids is 2. The Hall–Kier alpha value is -2.26. The standard InChI is InChI=1S/C17H16O3/c1-12(15(18)13-8-4-2-5-9-13)16(19)17(20)14-10-6-3-7-11-14/h2-12,16,19H,1H3. The van der Waals surface area contributed by atoms with Crippen LogP contribution in [0.3, 0.4) is 0 Å². The minimum atomic E-state index is -1.33. The maximum absolute atomic E-state index is 12.2. The van der Waals surface area contributed by atoms with E-state index in [0.717, 1.165) is 0 Å². The highest BCUT2D eigenvalue weighted by atomic mass is 16.3. The predicted molar refractivity (Wildman–Crippen MR) is 76.7 cm³/mol. The molecule has 0 aromatic heterocycles. The predicted octanol–water partition coefficient (Wildman–Crippen LogP) is 2.75. The number of aliphatic hydroxyl groups excluding tert-OH is 1. The highest BCUT2D eigenvalue weighted by Crippen LogP contribution is 2.16. The van der Waals surface area contributed by atoms with Crippen LogP contribution in [0.25, 0.3) is 0 Å². The van der Waals surface area contributed by atoms with Gasteiger partial charge in [-0.15, -0.1) is 0 Å². The SMILES string of the molecule is CC(C(=O)c1ccccc1)C(O)C(=O)c1ccccc1. The Labute approximate surface area is 117 Å². The number of aliphatic hydroxyl groups is 1. The van der Waals surface area contributed by atoms with Crippen molar-refractivity contribution in [2.24, 2.45) is 5.92 Å². The molecule has 3 nitrogen and oxygen atoms in total. The smallest absolute Gasteiger partial charge is 0.192 e. The molecule has 0 bridgehead atoms. The first-order chi connectivity index (χ1) is 9.61. The average molecular weight is 268 g/mol. The van der Waals surface area contributed by atoms with Crippen LogP contribution >= 0.6 is 0 Å². The van der Waals surface area contributed by atoms with Crippen molar-refractivity contribution in [3.05, 3.63) is 71.8 Å². The molecular weight excluding hydrogens is 252 g/mol. The van der Waals surface area contributed by atoms with E-state index in [0.29, 0.717) is 11.1 Å². The van der Waals surface area contributed by atoms with Gasteiger partial charge in [-0.2, -0.15) is 0 Å². The zero-order valence-corrected chi connectivity index (χ0v) is 11.2. The molecule has 0 saturated heterocycles. The fourth-order valence-corrected chi connectivity index (χ4v) is 2.01. The summed E-state index contributed by atoms with van der Waals surface area (Å²) in [5.41, 5.74) is 0.910. The van der Waals surface area contributed by atoms with E-state index < -0.39 is 17.8 Å². The molecule has 3 heteroatoms. The number of benzene rings is 2. The number of Topliss-reactive ketones (excluding diaryl/α,β-unsaturated/α-hetero) is 2. The Morgan fingerprint density at radius 1 is 0.800 bits per heavy atom. The fourth-order valence-electron chi connectivity index (χ4n) is 2.01. The van der Waals surface area contributed by atoms with Crippen LogP contribution in [0.4, 0.5) is 0 Å². The Morgan fingerprint density at radius 3 is 1.65 bits per heavy atom. The van der Waals surface area contributed by atoms with E-state index >= 15 is 0 Å². The van der Waals surface area contributed by atoms with Gasteiger partial charge in [0.1, 0.15) is 6.10 Å². The minimum absolute atomic E-state index is 0.234. The van der Waals surface area contributed by atoms with E-state index in [2.05, 4.69) is 0 Å². The summed E-state index contributed by atoms with van der Waals surface area (Å²) in [6.45, 7) is 1.57. The van der Waals surface area contributed by atoms with Crippen LogP contribution in [0.2, 0.25) is 0 Å². The Balaban J connectivity index is 2.15. The molecule has 20 heavy (non-hydrogen) atoms. The van der Waals surface area contributed by atoms with E-state index in [4.69, 9.17) is 0 Å². The van der Waals surface area contributed by atoms with Gasteiger partial charge in [-0.25, -0.2) is 0 Å². The molecule has 2 aromatic carbocycles. The largest absolute Gasteiger partial charge is 0.384 e. The van der Waals surface area contributed by atoms with Gasteiger partial charge in [0.2, 0.25) is 0 Å². The molecule has 0 amide bonds. The summed E-state index contributed by atoms with van der Waals surface area (Å²) in [6, 6.07) is 17.2. The van der Waals surface area contributed by atoms with E-state index in [-0.39, 0.29) is 5.78 Å². The van der Waals surface area contributed by atoms with Crippen LogP contribution in [-0.4, -0.2) is 22.8 Å². The van der Waals surface area contributed by atoms with E-state index in [1.807, 2.05) is 6.07 Å². The lowest BCUT2D eigenvalue weighted by Crippen LogP contribution is -2.33. The van der Waals surface area contributed by atoms with Crippen molar-refractivity contribution in [3.63, 3.8) is 0 Å². The first-order valence-electron chi connectivity index (χ1n) is 6.48. The van der Waals surface area contributed by atoms with Gasteiger partial charge in [0.25, 0.3) is 0 Å². The topological polar surface area (TPSA) is 54.4 Å². The Kier molecular flexibility index (Phi) is 4.43. The molecule has 0 spiro atoms. The number of rotatable bonds is 5. The van der Waals surface area contributed by atoms with Crippen LogP contribution < -0.4 is 0 Å². The first-order valence-corrected chi connectivity index (χ1v) is 6.48. The van der Waals surface area contributed by atoms with Crippen molar-refractivity contribution in [3.8, 4) is 0 Å². The van der Waals surface area contributed by atoms with E-state index in [9.17, 15) is 14.7 Å². The lowest BCUT2D eigenvalue weighted by molar-refractivity contribution is 0.0560. The molecule has 0 saturated carbocycles. The van der Waals surface area contributed by atoms with Crippen molar-refractivity contribution in [2.75, 3.05) is 0 Å². The van der Waals surface area contributed by atoms with Gasteiger partial charge in [0.05, 0.1) is 5.92 Å². The summed E-state index contributed by atoms with van der Waals surface area (Å²) in [6.07, 6.45) is -1.33. The first kappa shape index (κ1) is 14.2. The summed E-state index contributed by atoms with van der Waals surface area (Å²) in [5, 5.41) is 10.1.